The van der Waals surface area contributed by atoms with Crippen LogP contribution in [0.15, 0.2) is 90.8 Å². The van der Waals surface area contributed by atoms with E-state index in [2.05, 4.69) is 21.1 Å². The lowest BCUT2D eigenvalue weighted by atomic mass is 9.70. The minimum absolute atomic E-state index is 0.0225. The van der Waals surface area contributed by atoms with Crippen molar-refractivity contribution in [1.82, 2.24) is 9.44 Å². The van der Waals surface area contributed by atoms with E-state index in [4.69, 9.17) is 22.3 Å². The molecule has 4 aromatic rings. The number of carbonyl (C=O) groups is 4. The molecule has 2 aliphatic rings. The van der Waals surface area contributed by atoms with Crippen molar-refractivity contribution in [3.05, 3.63) is 115 Å². The number of guanidine groups is 2. The minimum atomic E-state index is -4.23. The Hall–Kier alpha value is -8.38. The van der Waals surface area contributed by atoms with E-state index in [-0.39, 0.29) is 78.6 Å². The molecular weight excluding hydrogens is 925 g/mol. The number of Topliss-reactive ketones (excluding diaryl/α,β-unsaturated/α-hetero) is 2. The van der Waals surface area contributed by atoms with Gasteiger partial charge < -0.3 is 31.9 Å². The summed E-state index contributed by atoms with van der Waals surface area (Å²) in [7, 11) is -8.47. The van der Waals surface area contributed by atoms with E-state index in [0.717, 1.165) is 0 Å². The number of aromatic hydroxyl groups is 4. The molecule has 2 aliphatic carbocycles. The first-order valence-electron chi connectivity index (χ1n) is 20.1. The van der Waals surface area contributed by atoms with Gasteiger partial charge in [-0.15, -0.1) is 0 Å². The van der Waals surface area contributed by atoms with Crippen molar-refractivity contribution in [3.63, 3.8) is 0 Å². The fourth-order valence-electron chi connectivity index (χ4n) is 7.99. The maximum Gasteiger partial charge on any atom is 0.264 e. The monoisotopic (exact) mass is 968 g/mol. The van der Waals surface area contributed by atoms with Crippen LogP contribution in [0.2, 0.25) is 0 Å². The highest BCUT2D eigenvalue weighted by atomic mass is 32.2. The van der Waals surface area contributed by atoms with Crippen molar-refractivity contribution in [2.24, 2.45) is 21.7 Å². The average molecular weight is 969 g/mol. The van der Waals surface area contributed by atoms with E-state index in [9.17, 15) is 46.9 Å². The number of phenols is 4. The van der Waals surface area contributed by atoms with E-state index >= 15 is 9.59 Å². The standard InChI is InChI=1S/C44H44N10O12S2/c1-17(2)27-33-31(25(15-55)37(57)41(27)61)39(59)29(19(5)35(33)51-49-21-7-11-23(12-8-21)67(63,64)53-43(45)46)30-20(6)36(52-50-22-9-13-24(14-10-22)68(65,66)54-44(47)48)34-28(18(3)4)42(62)38(58)26(16-56)32(34)40(30)60/h7-18,49-50,57-58,61-62H,1-6H3,(H4,45,46,53)(H4,47,48,54)/b51-35+,52-36+. The van der Waals surface area contributed by atoms with Crippen molar-refractivity contribution in [2.45, 2.75) is 63.2 Å². The lowest BCUT2D eigenvalue weighted by Crippen LogP contribution is -2.35. The Morgan fingerprint density at radius 3 is 1.15 bits per heavy atom. The molecule has 24 heteroatoms. The minimum Gasteiger partial charge on any atom is -0.504 e. The predicted octanol–water partition coefficient (Wildman–Crippen LogP) is 4.08. The molecule has 0 amide bonds. The fraction of sp³-hybridized carbons (Fsp3) is 0.182. The van der Waals surface area contributed by atoms with Crippen LogP contribution >= 0.6 is 0 Å². The number of nitrogens with zero attached hydrogens (tertiary/aromatic N) is 2. The number of carbonyl (C=O) groups excluding carboxylic acids is 4. The summed E-state index contributed by atoms with van der Waals surface area (Å²) in [4.78, 5) is 55.6. The van der Waals surface area contributed by atoms with E-state index in [1.165, 1.54) is 62.4 Å². The second kappa shape index (κ2) is 18.1. The highest BCUT2D eigenvalue weighted by Gasteiger charge is 2.44. The van der Waals surface area contributed by atoms with Crippen LogP contribution in [0.25, 0.3) is 0 Å². The molecule has 14 N–H and O–H groups in total. The molecule has 0 aromatic heterocycles. The molecule has 354 valence electrons. The number of nitrogens with two attached hydrogens (primary N) is 2. The summed E-state index contributed by atoms with van der Waals surface area (Å²) in [6.45, 7) is 9.31. The van der Waals surface area contributed by atoms with Crippen LogP contribution in [0.1, 0.15) is 117 Å². The molecule has 0 atom stereocenters. The van der Waals surface area contributed by atoms with Crippen molar-refractivity contribution in [1.29, 1.82) is 10.8 Å². The van der Waals surface area contributed by atoms with Gasteiger partial charge in [-0.05, 0) is 85.4 Å². The van der Waals surface area contributed by atoms with Gasteiger partial charge in [0.05, 0.1) is 43.7 Å². The van der Waals surface area contributed by atoms with E-state index in [0.29, 0.717) is 0 Å². The van der Waals surface area contributed by atoms with Gasteiger partial charge in [0.2, 0.25) is 0 Å². The molecule has 0 spiro atoms. The van der Waals surface area contributed by atoms with Crippen LogP contribution in [0.4, 0.5) is 11.4 Å². The predicted molar refractivity (Wildman–Crippen MR) is 250 cm³/mol. The molecule has 0 heterocycles. The van der Waals surface area contributed by atoms with E-state index in [1.54, 1.807) is 27.7 Å². The zero-order valence-corrected chi connectivity index (χ0v) is 38.5. The Balaban J connectivity index is 1.67. The summed E-state index contributed by atoms with van der Waals surface area (Å²) in [5.74, 6) is -8.37. The largest absolute Gasteiger partial charge is 0.504 e. The van der Waals surface area contributed by atoms with Gasteiger partial charge in [0, 0.05) is 44.5 Å². The molecule has 0 aliphatic heterocycles. The van der Waals surface area contributed by atoms with Gasteiger partial charge in [0.1, 0.15) is 0 Å². The third kappa shape index (κ3) is 8.48. The molecule has 68 heavy (non-hydrogen) atoms. The van der Waals surface area contributed by atoms with Crippen molar-refractivity contribution in [3.8, 4) is 23.0 Å². The number of nitrogens with one attached hydrogen (secondary N) is 6. The van der Waals surface area contributed by atoms with Gasteiger partial charge in [-0.2, -0.15) is 10.2 Å². The number of aldehydes is 2. The third-order valence-corrected chi connectivity index (χ3v) is 13.7. The quantitative estimate of drug-likeness (QED) is 0.0295. The zero-order chi connectivity index (χ0) is 50.5. The van der Waals surface area contributed by atoms with Gasteiger partial charge in [-0.1, -0.05) is 27.7 Å². The highest BCUT2D eigenvalue weighted by molar-refractivity contribution is 7.90. The Labute approximate surface area is 388 Å². The Morgan fingerprint density at radius 2 is 0.882 bits per heavy atom. The van der Waals surface area contributed by atoms with Crippen LogP contribution in [-0.2, 0) is 20.0 Å². The number of rotatable bonds is 13. The first-order valence-corrected chi connectivity index (χ1v) is 23.1. The Morgan fingerprint density at radius 1 is 0.574 bits per heavy atom. The van der Waals surface area contributed by atoms with Gasteiger partial charge in [-0.3, -0.25) is 40.8 Å². The van der Waals surface area contributed by atoms with Crippen molar-refractivity contribution < 1.29 is 56.4 Å². The number of hydrogen-bond donors (Lipinski definition) is 12. The van der Waals surface area contributed by atoms with Crippen LogP contribution in [-0.4, -0.2) is 84.7 Å². The summed E-state index contributed by atoms with van der Waals surface area (Å²) >= 11 is 0. The van der Waals surface area contributed by atoms with Gasteiger partial charge >= 0.3 is 0 Å². The highest BCUT2D eigenvalue weighted by Crippen LogP contribution is 2.50. The normalized spacial score (nSPS) is 15.1. The number of anilines is 2. The number of hydrazone groups is 2. The number of sulfonamides is 2. The van der Waals surface area contributed by atoms with Gasteiger partial charge in [0.15, 0.2) is 59.1 Å². The van der Waals surface area contributed by atoms with Crippen molar-refractivity contribution in [2.75, 3.05) is 10.9 Å². The number of ketones is 2. The summed E-state index contributed by atoms with van der Waals surface area (Å²) in [5.41, 5.74) is 12.5. The first-order chi connectivity index (χ1) is 31.8. The van der Waals surface area contributed by atoms with Crippen molar-refractivity contribution >= 4 is 78.9 Å². The maximum atomic E-state index is 15.2. The number of benzene rings is 4. The molecule has 0 saturated heterocycles. The van der Waals surface area contributed by atoms with Crippen LogP contribution in [0, 0.1) is 10.8 Å². The number of phenolic OH excluding ortho intramolecular Hbond substituents is 4. The molecule has 0 bridgehead atoms. The molecule has 0 unspecified atom stereocenters. The second-order valence-corrected chi connectivity index (χ2v) is 19.3. The lowest BCUT2D eigenvalue weighted by Gasteiger charge is -2.32. The molecule has 0 fully saturated rings. The van der Waals surface area contributed by atoms with Crippen LogP contribution < -0.4 is 31.8 Å². The first kappa shape index (κ1) is 49.1. The van der Waals surface area contributed by atoms with Crippen LogP contribution in [0.5, 0.6) is 23.0 Å². The average Bonchev–Trinajstić information content (AvgIpc) is 3.25. The third-order valence-electron chi connectivity index (χ3n) is 10.9. The van der Waals surface area contributed by atoms with Gasteiger partial charge in [-0.25, -0.2) is 26.3 Å². The second-order valence-electron chi connectivity index (χ2n) is 16.0. The SMILES string of the molecule is CC1=C(C2=C(C)/C(=N\Nc3ccc(S(=O)(=O)NC(=N)N)cc3)c3c(c(C=O)c(O)c(O)c3C(C)C)C2=O)C(=O)c2c(C=O)c(O)c(O)c(C(C)C)c2/C1=N/Nc1ccc(S(=O)(=O)NC(=N)N)cc1. The Bertz CT molecular complexity index is 3060. The molecule has 22 nitrogen and oxygen atoms in total. The topological polar surface area (TPSA) is 390 Å². The smallest absolute Gasteiger partial charge is 0.264 e. The molecule has 0 radical (unpaired) electrons. The summed E-state index contributed by atoms with van der Waals surface area (Å²) < 4.78 is 54.2. The molecular formula is C44H44N10O12S2. The molecule has 0 saturated carbocycles. The molecule has 4 aromatic carbocycles. The summed E-state index contributed by atoms with van der Waals surface area (Å²) in [5, 5.41) is 68.9. The number of fused-ring (bicyclic) bond motifs is 2. The zero-order valence-electron chi connectivity index (χ0n) is 36.8. The fourth-order valence-corrected chi connectivity index (χ4v) is 9.79. The van der Waals surface area contributed by atoms with Crippen LogP contribution in [0.3, 0.4) is 0 Å². The van der Waals surface area contributed by atoms with E-state index in [1.807, 2.05) is 9.44 Å². The summed E-state index contributed by atoms with van der Waals surface area (Å²) in [6.07, 6.45) is 0.271. The summed E-state index contributed by atoms with van der Waals surface area (Å²) in [6, 6.07) is 9.88. The Kier molecular flexibility index (Phi) is 13.1. The van der Waals surface area contributed by atoms with Gasteiger partial charge in [0.25, 0.3) is 20.0 Å². The number of hydrogen-bond acceptors (Lipinski definition) is 18. The number of allylic oxidation sites excluding steroid dienone is 4. The molecule has 6 rings (SSSR count). The van der Waals surface area contributed by atoms with E-state index < -0.39 is 112 Å². The lowest BCUT2D eigenvalue weighted by molar-refractivity contribution is 0.0989. The maximum absolute atomic E-state index is 15.2.